The van der Waals surface area contributed by atoms with E-state index < -0.39 is 0 Å². The fraction of sp³-hybridized carbons (Fsp3) is 0.429. The van der Waals surface area contributed by atoms with Gasteiger partial charge in [0.25, 0.3) is 0 Å². The molecule has 0 radical (unpaired) electrons. The molecule has 2 N–H and O–H groups in total. The first kappa shape index (κ1) is 20.3. The summed E-state index contributed by atoms with van der Waals surface area (Å²) in [6.07, 6.45) is 1.92. The van der Waals surface area contributed by atoms with Gasteiger partial charge < -0.3 is 15.5 Å². The third-order valence-electron chi connectivity index (χ3n) is 4.74. The molecule has 0 atom stereocenters. The summed E-state index contributed by atoms with van der Waals surface area (Å²) >= 11 is 1.77. The molecule has 0 saturated heterocycles. The summed E-state index contributed by atoms with van der Waals surface area (Å²) in [5.41, 5.74) is 1.95. The molecular formula is C21H27FN4OS. The molecule has 5 nitrogen and oxygen atoms in total. The van der Waals surface area contributed by atoms with Crippen molar-refractivity contribution in [3.63, 3.8) is 0 Å². The van der Waals surface area contributed by atoms with E-state index in [1.54, 1.807) is 23.5 Å². The minimum absolute atomic E-state index is 0.141. The number of fused-ring (bicyclic) bond motifs is 1. The molecule has 1 aromatic carbocycles. The standard InChI is InChI=1S/C21H27FN4OS/c1-2-23-21(24-11-7-16-5-3-4-6-18(16)22)25-12-8-20(27)26-13-9-19-17(15-26)10-14-28-19/h3-6,10,14H,2,7-9,11-13,15H2,1H3,(H2,23,24,25). The topological polar surface area (TPSA) is 56.7 Å². The molecule has 0 aliphatic carbocycles. The number of nitrogens with one attached hydrogen (secondary N) is 2. The van der Waals surface area contributed by atoms with Gasteiger partial charge in [-0.25, -0.2) is 4.39 Å². The number of guanidine groups is 1. The highest BCUT2D eigenvalue weighted by Crippen LogP contribution is 2.24. The highest BCUT2D eigenvalue weighted by Gasteiger charge is 2.20. The van der Waals surface area contributed by atoms with Crippen molar-refractivity contribution in [2.24, 2.45) is 4.99 Å². The molecule has 1 aromatic heterocycles. The Bertz CT molecular complexity index is 820. The number of hydrogen-bond donors (Lipinski definition) is 2. The number of carbonyl (C=O) groups excluding carboxylic acids is 1. The van der Waals surface area contributed by atoms with Gasteiger partial charge in [0, 0.05) is 37.5 Å². The van der Waals surface area contributed by atoms with Crippen LogP contribution in [-0.2, 0) is 24.2 Å². The largest absolute Gasteiger partial charge is 0.357 e. The van der Waals surface area contributed by atoms with E-state index in [4.69, 9.17) is 0 Å². The summed E-state index contributed by atoms with van der Waals surface area (Å²) in [5, 5.41) is 8.47. The van der Waals surface area contributed by atoms with Crippen LogP contribution >= 0.6 is 11.3 Å². The summed E-state index contributed by atoms with van der Waals surface area (Å²) in [7, 11) is 0. The van der Waals surface area contributed by atoms with Gasteiger partial charge in [-0.3, -0.25) is 9.79 Å². The molecule has 150 valence electrons. The molecule has 1 amide bonds. The first-order chi connectivity index (χ1) is 13.7. The predicted molar refractivity (Wildman–Crippen MR) is 112 cm³/mol. The summed E-state index contributed by atoms with van der Waals surface area (Å²) in [4.78, 5) is 20.3. The van der Waals surface area contributed by atoms with E-state index in [0.29, 0.717) is 44.0 Å². The maximum absolute atomic E-state index is 13.7. The molecule has 2 aromatic rings. The van der Waals surface area contributed by atoms with Gasteiger partial charge in [-0.15, -0.1) is 11.3 Å². The van der Waals surface area contributed by atoms with E-state index >= 15 is 0 Å². The van der Waals surface area contributed by atoms with Gasteiger partial charge in [-0.2, -0.15) is 0 Å². The normalized spacial score (nSPS) is 13.9. The maximum Gasteiger partial charge on any atom is 0.224 e. The van der Waals surface area contributed by atoms with Gasteiger partial charge in [0.05, 0.1) is 6.54 Å². The Morgan fingerprint density at radius 2 is 2.14 bits per heavy atom. The van der Waals surface area contributed by atoms with Crippen molar-refractivity contribution in [2.75, 3.05) is 26.2 Å². The summed E-state index contributed by atoms with van der Waals surface area (Å²) in [6.45, 7) is 5.23. The van der Waals surface area contributed by atoms with Gasteiger partial charge in [0.15, 0.2) is 5.96 Å². The van der Waals surface area contributed by atoms with E-state index in [9.17, 15) is 9.18 Å². The van der Waals surface area contributed by atoms with Crippen molar-refractivity contribution in [1.82, 2.24) is 15.5 Å². The van der Waals surface area contributed by atoms with Crippen LogP contribution in [0, 0.1) is 5.82 Å². The Morgan fingerprint density at radius 1 is 1.29 bits per heavy atom. The first-order valence-corrected chi connectivity index (χ1v) is 10.6. The highest BCUT2D eigenvalue weighted by molar-refractivity contribution is 7.10. The number of halogens is 1. The number of amides is 1. The summed E-state index contributed by atoms with van der Waals surface area (Å²) in [5.74, 6) is 0.611. The zero-order valence-corrected chi connectivity index (χ0v) is 17.0. The minimum atomic E-state index is -0.188. The van der Waals surface area contributed by atoms with E-state index in [1.165, 1.54) is 16.5 Å². The number of thiophene rings is 1. The third kappa shape index (κ3) is 5.55. The zero-order chi connectivity index (χ0) is 19.8. The van der Waals surface area contributed by atoms with Crippen LogP contribution in [0.4, 0.5) is 4.39 Å². The molecule has 3 rings (SSSR count). The Morgan fingerprint density at radius 3 is 2.96 bits per heavy atom. The molecule has 0 saturated carbocycles. The Labute approximate surface area is 169 Å². The van der Waals surface area contributed by atoms with Crippen LogP contribution < -0.4 is 10.6 Å². The number of carbonyl (C=O) groups is 1. The predicted octanol–water partition coefficient (Wildman–Crippen LogP) is 2.96. The van der Waals surface area contributed by atoms with E-state index in [2.05, 4.69) is 27.1 Å². The second-order valence-corrected chi connectivity index (χ2v) is 7.71. The van der Waals surface area contributed by atoms with Crippen molar-refractivity contribution < 1.29 is 9.18 Å². The summed E-state index contributed by atoms with van der Waals surface area (Å²) in [6, 6.07) is 8.90. The van der Waals surface area contributed by atoms with Crippen LogP contribution in [0.1, 0.15) is 29.3 Å². The molecular weight excluding hydrogens is 375 g/mol. The van der Waals surface area contributed by atoms with Crippen LogP contribution in [0.2, 0.25) is 0 Å². The average molecular weight is 403 g/mol. The highest BCUT2D eigenvalue weighted by atomic mass is 32.1. The SMILES string of the molecule is CCNC(=NCCC(=O)N1CCc2sccc2C1)NCCc1ccccc1F. The Hall–Kier alpha value is -2.41. The smallest absolute Gasteiger partial charge is 0.224 e. The van der Waals surface area contributed by atoms with Crippen LogP contribution in [0.15, 0.2) is 40.7 Å². The van der Waals surface area contributed by atoms with Crippen LogP contribution in [-0.4, -0.2) is 42.9 Å². The zero-order valence-electron chi connectivity index (χ0n) is 16.2. The molecule has 2 heterocycles. The van der Waals surface area contributed by atoms with Crippen molar-refractivity contribution in [3.05, 3.63) is 57.5 Å². The molecule has 0 fully saturated rings. The van der Waals surface area contributed by atoms with Crippen molar-refractivity contribution in [1.29, 1.82) is 0 Å². The van der Waals surface area contributed by atoms with Gasteiger partial charge in [-0.05, 0) is 48.4 Å². The second-order valence-electron chi connectivity index (χ2n) is 6.71. The maximum atomic E-state index is 13.7. The number of hydrogen-bond acceptors (Lipinski definition) is 3. The van der Waals surface area contributed by atoms with Gasteiger partial charge in [-0.1, -0.05) is 18.2 Å². The number of nitrogens with zero attached hydrogens (tertiary/aromatic N) is 2. The monoisotopic (exact) mass is 402 g/mol. The average Bonchev–Trinajstić information content (AvgIpc) is 3.17. The van der Waals surface area contributed by atoms with Crippen LogP contribution in [0.3, 0.4) is 0 Å². The first-order valence-electron chi connectivity index (χ1n) is 9.76. The van der Waals surface area contributed by atoms with E-state index in [1.807, 2.05) is 17.9 Å². The van der Waals surface area contributed by atoms with E-state index in [-0.39, 0.29) is 11.7 Å². The lowest BCUT2D eigenvalue weighted by Crippen LogP contribution is -2.39. The fourth-order valence-electron chi connectivity index (χ4n) is 3.24. The summed E-state index contributed by atoms with van der Waals surface area (Å²) < 4.78 is 13.7. The number of benzene rings is 1. The van der Waals surface area contributed by atoms with Crippen LogP contribution in [0.5, 0.6) is 0 Å². The van der Waals surface area contributed by atoms with E-state index in [0.717, 1.165) is 19.5 Å². The lowest BCUT2D eigenvalue weighted by Gasteiger charge is -2.26. The van der Waals surface area contributed by atoms with Gasteiger partial charge in [0.1, 0.15) is 5.82 Å². The van der Waals surface area contributed by atoms with Crippen LogP contribution in [0.25, 0.3) is 0 Å². The molecule has 0 unspecified atom stereocenters. The van der Waals surface area contributed by atoms with Crippen molar-refractivity contribution >= 4 is 23.2 Å². The molecule has 1 aliphatic rings. The molecule has 28 heavy (non-hydrogen) atoms. The Balaban J connectivity index is 1.45. The van der Waals surface area contributed by atoms with Gasteiger partial charge in [0.2, 0.25) is 5.91 Å². The second kappa shape index (κ2) is 10.2. The molecule has 0 spiro atoms. The lowest BCUT2D eigenvalue weighted by molar-refractivity contribution is -0.131. The van der Waals surface area contributed by atoms with Crippen molar-refractivity contribution in [3.8, 4) is 0 Å². The van der Waals surface area contributed by atoms with Gasteiger partial charge >= 0.3 is 0 Å². The quantitative estimate of drug-likeness (QED) is 0.553. The minimum Gasteiger partial charge on any atom is -0.357 e. The Kier molecular flexibility index (Phi) is 7.42. The molecule has 0 bridgehead atoms. The third-order valence-corrected chi connectivity index (χ3v) is 5.77. The number of aliphatic imine (C=N–C) groups is 1. The fourth-order valence-corrected chi connectivity index (χ4v) is 4.13. The number of rotatable bonds is 7. The lowest BCUT2D eigenvalue weighted by atomic mass is 10.1. The van der Waals surface area contributed by atoms with Crippen molar-refractivity contribution in [2.45, 2.75) is 32.7 Å². The molecule has 1 aliphatic heterocycles. The molecule has 7 heteroatoms.